The summed E-state index contributed by atoms with van der Waals surface area (Å²) < 4.78 is 1.07. The van der Waals surface area contributed by atoms with Crippen LogP contribution in [0.2, 0.25) is 0 Å². The molecule has 4 heteroatoms. The Balaban J connectivity index is 1.75. The zero-order valence-corrected chi connectivity index (χ0v) is 11.2. The smallest absolute Gasteiger partial charge is 0.152 e. The maximum absolute atomic E-state index is 11.7. The van der Waals surface area contributed by atoms with E-state index in [1.54, 1.807) is 6.34 Å². The topological polar surface area (TPSA) is 32.7 Å². The summed E-state index contributed by atoms with van der Waals surface area (Å²) in [6, 6.07) is 8.11. The fourth-order valence-electron chi connectivity index (χ4n) is 1.78. The van der Waals surface area contributed by atoms with Crippen LogP contribution in [0.15, 0.2) is 33.7 Å². The Morgan fingerprint density at radius 2 is 2.12 bits per heavy atom. The molecule has 3 nitrogen and oxygen atoms in total. The van der Waals surface area contributed by atoms with Gasteiger partial charge in [0.2, 0.25) is 0 Å². The average Bonchev–Trinajstić information content (AvgIpc) is 2.81. The lowest BCUT2D eigenvalue weighted by molar-refractivity contribution is -0.119. The number of aliphatic imine (C=N–C) groups is 1. The number of carbonyl (C=O) groups is 1. The third-order valence-electron chi connectivity index (χ3n) is 2.75. The number of benzene rings is 1. The molecule has 0 aromatic heterocycles. The summed E-state index contributed by atoms with van der Waals surface area (Å²) in [5.41, 5.74) is 1.21. The number of hydrogen-bond acceptors (Lipinski definition) is 3. The number of carbonyl (C=O) groups excluding carboxylic acids is 1. The van der Waals surface area contributed by atoms with Crippen molar-refractivity contribution in [3.63, 3.8) is 0 Å². The van der Waals surface area contributed by atoms with Gasteiger partial charge in [0.05, 0.1) is 19.4 Å². The molecule has 0 bridgehead atoms. The second kappa shape index (κ2) is 5.96. The van der Waals surface area contributed by atoms with Gasteiger partial charge in [-0.25, -0.2) is 0 Å². The van der Waals surface area contributed by atoms with E-state index in [9.17, 15) is 4.79 Å². The van der Waals surface area contributed by atoms with E-state index < -0.39 is 0 Å². The quantitative estimate of drug-likeness (QED) is 0.835. The van der Waals surface area contributed by atoms with Crippen LogP contribution in [0.5, 0.6) is 0 Å². The summed E-state index contributed by atoms with van der Waals surface area (Å²) in [5.74, 6) is 0.279. The number of halogens is 1. The Labute approximate surface area is 110 Å². The first-order chi connectivity index (χ1) is 8.24. The number of aryl methyl sites for hydroxylation is 1. The molecule has 1 heterocycles. The highest BCUT2D eigenvalue weighted by Crippen LogP contribution is 2.12. The van der Waals surface area contributed by atoms with Crippen LogP contribution in [0.25, 0.3) is 0 Å². The summed E-state index contributed by atoms with van der Waals surface area (Å²) in [4.78, 5) is 17.8. The lowest BCUT2D eigenvalue weighted by Gasteiger charge is -2.12. The molecule has 0 aliphatic carbocycles. The molecule has 0 radical (unpaired) electrons. The monoisotopic (exact) mass is 294 g/mol. The van der Waals surface area contributed by atoms with Gasteiger partial charge in [-0.3, -0.25) is 9.79 Å². The van der Waals surface area contributed by atoms with Crippen LogP contribution >= 0.6 is 15.9 Å². The van der Waals surface area contributed by atoms with Gasteiger partial charge >= 0.3 is 0 Å². The van der Waals surface area contributed by atoms with Crippen LogP contribution in [0, 0.1) is 0 Å². The van der Waals surface area contributed by atoms with Crippen LogP contribution in [-0.4, -0.2) is 36.7 Å². The molecule has 0 N–H and O–H groups in total. The van der Waals surface area contributed by atoms with Crippen molar-refractivity contribution in [2.75, 3.05) is 19.6 Å². The van der Waals surface area contributed by atoms with E-state index >= 15 is 0 Å². The summed E-state index contributed by atoms with van der Waals surface area (Å²) in [7, 11) is 0. The largest absolute Gasteiger partial charge is 0.354 e. The summed E-state index contributed by atoms with van der Waals surface area (Å²) in [6.07, 6.45) is 3.20. The Bertz CT molecular complexity index is 414. The Morgan fingerprint density at radius 1 is 1.35 bits per heavy atom. The van der Waals surface area contributed by atoms with Crippen molar-refractivity contribution < 1.29 is 4.79 Å². The lowest BCUT2D eigenvalue weighted by atomic mass is 10.1. The molecule has 1 aliphatic heterocycles. The molecule has 0 amide bonds. The van der Waals surface area contributed by atoms with Crippen molar-refractivity contribution in [3.8, 4) is 0 Å². The van der Waals surface area contributed by atoms with E-state index in [2.05, 4.69) is 33.1 Å². The first kappa shape index (κ1) is 12.3. The van der Waals surface area contributed by atoms with Gasteiger partial charge in [-0.15, -0.1) is 0 Å². The van der Waals surface area contributed by atoms with Crippen molar-refractivity contribution in [2.24, 2.45) is 4.99 Å². The van der Waals surface area contributed by atoms with E-state index in [1.165, 1.54) is 5.56 Å². The molecule has 0 atom stereocenters. The van der Waals surface area contributed by atoms with Gasteiger partial charge in [0.1, 0.15) is 0 Å². The predicted molar refractivity (Wildman–Crippen MR) is 72.4 cm³/mol. The summed E-state index contributed by atoms with van der Waals surface area (Å²) >= 11 is 3.40. The number of hydrogen-bond donors (Lipinski definition) is 0. The molecule has 0 spiro atoms. The molecule has 2 rings (SSSR count). The average molecular weight is 295 g/mol. The zero-order chi connectivity index (χ0) is 12.1. The first-order valence-electron chi connectivity index (χ1n) is 5.74. The molecular weight excluding hydrogens is 280 g/mol. The van der Waals surface area contributed by atoms with Crippen LogP contribution in [0.1, 0.15) is 12.0 Å². The lowest BCUT2D eigenvalue weighted by Crippen LogP contribution is -2.27. The second-order valence-corrected chi connectivity index (χ2v) is 5.07. The zero-order valence-electron chi connectivity index (χ0n) is 9.60. The van der Waals surface area contributed by atoms with Gasteiger partial charge < -0.3 is 4.90 Å². The fraction of sp³-hybridized carbons (Fsp3) is 0.385. The highest BCUT2D eigenvalue weighted by atomic mass is 79.9. The highest BCUT2D eigenvalue weighted by molar-refractivity contribution is 9.10. The van der Waals surface area contributed by atoms with Gasteiger partial charge in [0.15, 0.2) is 5.78 Å². The molecule has 1 aliphatic rings. The molecule has 0 saturated heterocycles. The third kappa shape index (κ3) is 3.97. The molecule has 0 fully saturated rings. The van der Waals surface area contributed by atoms with Crippen molar-refractivity contribution in [1.29, 1.82) is 0 Å². The first-order valence-corrected chi connectivity index (χ1v) is 6.53. The van der Waals surface area contributed by atoms with E-state index in [1.807, 2.05) is 17.0 Å². The maximum Gasteiger partial charge on any atom is 0.152 e. The van der Waals surface area contributed by atoms with E-state index in [4.69, 9.17) is 0 Å². The normalized spacial score (nSPS) is 14.3. The molecule has 1 aromatic carbocycles. The van der Waals surface area contributed by atoms with Gasteiger partial charge in [-0.1, -0.05) is 28.1 Å². The minimum atomic E-state index is 0.279. The predicted octanol–water partition coefficient (Wildman–Crippen LogP) is 2.29. The summed E-state index contributed by atoms with van der Waals surface area (Å²) in [6.45, 7) is 2.20. The van der Waals surface area contributed by atoms with Crippen molar-refractivity contribution in [2.45, 2.75) is 12.8 Å². The van der Waals surface area contributed by atoms with Crippen LogP contribution in [-0.2, 0) is 11.2 Å². The Morgan fingerprint density at radius 3 is 2.76 bits per heavy atom. The molecule has 90 valence electrons. The van der Waals surface area contributed by atoms with Crippen molar-refractivity contribution in [1.82, 2.24) is 4.90 Å². The Kier molecular flexibility index (Phi) is 4.31. The van der Waals surface area contributed by atoms with Gasteiger partial charge in [0.25, 0.3) is 0 Å². The fourth-order valence-corrected chi connectivity index (χ4v) is 2.04. The number of Topliss-reactive ketones (excluding diaryl/α,β-unsaturated/α-hetero) is 1. The molecule has 0 saturated carbocycles. The number of rotatable bonds is 5. The van der Waals surface area contributed by atoms with Crippen molar-refractivity contribution in [3.05, 3.63) is 34.3 Å². The van der Waals surface area contributed by atoms with E-state index in [0.29, 0.717) is 13.0 Å². The Hall–Kier alpha value is -1.16. The second-order valence-electron chi connectivity index (χ2n) is 4.16. The van der Waals surface area contributed by atoms with Crippen LogP contribution in [0.4, 0.5) is 0 Å². The van der Waals surface area contributed by atoms with Crippen molar-refractivity contribution >= 4 is 28.1 Å². The maximum atomic E-state index is 11.7. The SMILES string of the molecule is O=C(CCc1ccc(Br)cc1)CN1C=NCC1. The third-order valence-corrected chi connectivity index (χ3v) is 3.28. The molecule has 1 aromatic rings. The molecule has 17 heavy (non-hydrogen) atoms. The minimum Gasteiger partial charge on any atom is -0.354 e. The number of ketones is 1. The molecule has 0 unspecified atom stereocenters. The van der Waals surface area contributed by atoms with Gasteiger partial charge in [-0.05, 0) is 24.1 Å². The standard InChI is InChI=1S/C13H15BrN2O/c14-12-4-1-11(2-5-12)3-6-13(17)9-16-8-7-15-10-16/h1-2,4-5,10H,3,6-9H2. The highest BCUT2D eigenvalue weighted by Gasteiger charge is 2.10. The van der Waals surface area contributed by atoms with Gasteiger partial charge in [-0.2, -0.15) is 0 Å². The number of nitrogens with zero attached hydrogens (tertiary/aromatic N) is 2. The van der Waals surface area contributed by atoms with E-state index in [-0.39, 0.29) is 5.78 Å². The van der Waals surface area contributed by atoms with Gasteiger partial charge in [0, 0.05) is 17.4 Å². The van der Waals surface area contributed by atoms with Crippen LogP contribution in [0.3, 0.4) is 0 Å². The summed E-state index contributed by atoms with van der Waals surface area (Å²) in [5, 5.41) is 0. The van der Waals surface area contributed by atoms with E-state index in [0.717, 1.165) is 24.0 Å². The minimum absolute atomic E-state index is 0.279. The van der Waals surface area contributed by atoms with Crippen LogP contribution < -0.4 is 0 Å². The molecular formula is C13H15BrN2O.